The third-order valence-corrected chi connectivity index (χ3v) is 4.25. The molecule has 118 valence electrons. The molecule has 2 aliphatic rings. The number of rotatable bonds is 7. The molecule has 0 aromatic rings. The lowest BCUT2D eigenvalue weighted by Crippen LogP contribution is -2.61. The summed E-state index contributed by atoms with van der Waals surface area (Å²) in [4.78, 5) is 0. The third-order valence-electron chi connectivity index (χ3n) is 4.25. The molecule has 0 radical (unpaired) electrons. The third kappa shape index (κ3) is 4.17. The second kappa shape index (κ2) is 7.74. The number of ether oxygens (including phenoxy) is 3. The van der Waals surface area contributed by atoms with Gasteiger partial charge < -0.3 is 19.5 Å². The van der Waals surface area contributed by atoms with Crippen molar-refractivity contribution in [3.8, 4) is 0 Å². The van der Waals surface area contributed by atoms with E-state index in [1.807, 2.05) is 0 Å². The minimum atomic E-state index is 0.225. The van der Waals surface area contributed by atoms with Gasteiger partial charge in [0, 0.05) is 12.6 Å². The second-order valence-corrected chi connectivity index (χ2v) is 6.26. The zero-order valence-corrected chi connectivity index (χ0v) is 13.4. The lowest BCUT2D eigenvalue weighted by molar-refractivity contribution is -0.193. The molecule has 2 fully saturated rings. The lowest BCUT2D eigenvalue weighted by atomic mass is 9.84. The summed E-state index contributed by atoms with van der Waals surface area (Å²) in [7, 11) is 0. The molecule has 1 saturated heterocycles. The molecule has 2 rings (SSSR count). The predicted molar refractivity (Wildman–Crippen MR) is 80.0 cm³/mol. The fourth-order valence-electron chi connectivity index (χ4n) is 3.36. The van der Waals surface area contributed by atoms with Crippen molar-refractivity contribution in [3.63, 3.8) is 0 Å². The Morgan fingerprint density at radius 3 is 2.40 bits per heavy atom. The number of hydrogen-bond donors (Lipinski definition) is 1. The van der Waals surface area contributed by atoms with Crippen LogP contribution in [0.25, 0.3) is 0 Å². The van der Waals surface area contributed by atoms with Crippen molar-refractivity contribution >= 4 is 0 Å². The summed E-state index contributed by atoms with van der Waals surface area (Å²) in [6.07, 6.45) is 5.58. The van der Waals surface area contributed by atoms with Crippen molar-refractivity contribution in [2.24, 2.45) is 0 Å². The van der Waals surface area contributed by atoms with Gasteiger partial charge in [0.1, 0.15) is 0 Å². The molecule has 0 amide bonds. The van der Waals surface area contributed by atoms with Crippen molar-refractivity contribution in [2.75, 3.05) is 13.2 Å². The number of likely N-dealkylation sites (N-methyl/N-ethyl adjacent to an activating group) is 1. The fourth-order valence-corrected chi connectivity index (χ4v) is 3.36. The summed E-state index contributed by atoms with van der Waals surface area (Å²) in [5.41, 5.74) is 0. The average molecular weight is 285 g/mol. The van der Waals surface area contributed by atoms with Crippen molar-refractivity contribution in [2.45, 2.75) is 89.9 Å². The van der Waals surface area contributed by atoms with E-state index in [1.165, 1.54) is 0 Å². The Morgan fingerprint density at radius 2 is 1.80 bits per heavy atom. The topological polar surface area (TPSA) is 39.7 Å². The lowest BCUT2D eigenvalue weighted by Gasteiger charge is -2.46. The maximum atomic E-state index is 6.31. The van der Waals surface area contributed by atoms with Crippen LogP contribution in [0.5, 0.6) is 0 Å². The Labute approximate surface area is 123 Å². The Morgan fingerprint density at radius 1 is 1.10 bits per heavy atom. The van der Waals surface area contributed by atoms with E-state index in [9.17, 15) is 0 Å². The van der Waals surface area contributed by atoms with E-state index >= 15 is 0 Å². The maximum Gasteiger partial charge on any atom is 0.0990 e. The average Bonchev–Trinajstić information content (AvgIpc) is 2.36. The monoisotopic (exact) mass is 285 g/mol. The molecule has 0 spiro atoms. The summed E-state index contributed by atoms with van der Waals surface area (Å²) in [6.45, 7) is 10.4. The van der Waals surface area contributed by atoms with E-state index in [2.05, 4.69) is 33.0 Å². The van der Waals surface area contributed by atoms with Gasteiger partial charge in [0.05, 0.1) is 30.5 Å². The Bertz CT molecular complexity index is 277. The molecule has 0 bridgehead atoms. The molecule has 4 nitrogen and oxygen atoms in total. The molecule has 1 aliphatic heterocycles. The predicted octanol–water partition coefficient (Wildman–Crippen LogP) is 2.50. The SMILES string of the molecule is CCCOC1C(NCC)CC1OC1CC(C)OC(C)C1. The van der Waals surface area contributed by atoms with Crippen LogP contribution in [-0.4, -0.2) is 49.7 Å². The van der Waals surface area contributed by atoms with Crippen LogP contribution in [-0.2, 0) is 14.2 Å². The zero-order valence-electron chi connectivity index (χ0n) is 13.4. The molecule has 20 heavy (non-hydrogen) atoms. The minimum Gasteiger partial charge on any atom is -0.375 e. The highest BCUT2D eigenvalue weighted by molar-refractivity contribution is 4.98. The van der Waals surface area contributed by atoms with Gasteiger partial charge in [-0.1, -0.05) is 13.8 Å². The standard InChI is InChI=1S/C16H31NO3/c1-5-7-18-16-14(17-6-2)10-15(16)20-13-8-11(3)19-12(4)9-13/h11-17H,5-10H2,1-4H3. The molecule has 5 unspecified atom stereocenters. The molecular weight excluding hydrogens is 254 g/mol. The minimum absolute atomic E-state index is 0.225. The molecule has 1 heterocycles. The Hall–Kier alpha value is -0.160. The Kier molecular flexibility index (Phi) is 6.27. The van der Waals surface area contributed by atoms with Gasteiger partial charge in [-0.2, -0.15) is 0 Å². The molecule has 1 saturated carbocycles. The molecule has 0 aromatic carbocycles. The van der Waals surface area contributed by atoms with E-state index in [1.54, 1.807) is 0 Å². The first-order chi connectivity index (χ1) is 9.63. The van der Waals surface area contributed by atoms with Crippen LogP contribution in [0.2, 0.25) is 0 Å². The molecule has 1 N–H and O–H groups in total. The second-order valence-electron chi connectivity index (χ2n) is 6.26. The van der Waals surface area contributed by atoms with Crippen LogP contribution >= 0.6 is 0 Å². The van der Waals surface area contributed by atoms with Gasteiger partial charge in [0.25, 0.3) is 0 Å². The van der Waals surface area contributed by atoms with Gasteiger partial charge in [0.15, 0.2) is 0 Å². The van der Waals surface area contributed by atoms with Crippen molar-refractivity contribution < 1.29 is 14.2 Å². The summed E-state index contributed by atoms with van der Waals surface area (Å²) < 4.78 is 18.1. The highest BCUT2D eigenvalue weighted by atomic mass is 16.6. The van der Waals surface area contributed by atoms with Crippen molar-refractivity contribution in [1.29, 1.82) is 0 Å². The Balaban J connectivity index is 1.81. The summed E-state index contributed by atoms with van der Waals surface area (Å²) in [5, 5.41) is 3.50. The van der Waals surface area contributed by atoms with Crippen LogP contribution in [0.1, 0.15) is 53.4 Å². The van der Waals surface area contributed by atoms with Crippen LogP contribution < -0.4 is 5.32 Å². The highest BCUT2D eigenvalue weighted by Gasteiger charge is 2.44. The fraction of sp³-hybridized carbons (Fsp3) is 1.00. The summed E-state index contributed by atoms with van der Waals surface area (Å²) >= 11 is 0. The number of nitrogens with one attached hydrogen (secondary N) is 1. The normalized spacial score (nSPS) is 41.4. The van der Waals surface area contributed by atoms with Gasteiger partial charge in [-0.05, 0) is 46.1 Å². The number of hydrogen-bond acceptors (Lipinski definition) is 4. The van der Waals surface area contributed by atoms with E-state index < -0.39 is 0 Å². The van der Waals surface area contributed by atoms with Crippen LogP contribution in [0.4, 0.5) is 0 Å². The molecule has 5 atom stereocenters. The summed E-state index contributed by atoms with van der Waals surface area (Å²) in [5.74, 6) is 0. The van der Waals surface area contributed by atoms with Gasteiger partial charge in [0.2, 0.25) is 0 Å². The van der Waals surface area contributed by atoms with Gasteiger partial charge in [-0.25, -0.2) is 0 Å². The molecule has 4 heteroatoms. The zero-order chi connectivity index (χ0) is 14.5. The smallest absolute Gasteiger partial charge is 0.0990 e. The highest BCUT2D eigenvalue weighted by Crippen LogP contribution is 2.32. The van der Waals surface area contributed by atoms with Crippen LogP contribution in [0.3, 0.4) is 0 Å². The molecule has 0 aromatic heterocycles. The first-order valence-corrected chi connectivity index (χ1v) is 8.29. The van der Waals surface area contributed by atoms with E-state index in [4.69, 9.17) is 14.2 Å². The largest absolute Gasteiger partial charge is 0.375 e. The van der Waals surface area contributed by atoms with Crippen LogP contribution in [0, 0.1) is 0 Å². The van der Waals surface area contributed by atoms with Gasteiger partial charge in [-0.3, -0.25) is 0 Å². The van der Waals surface area contributed by atoms with E-state index in [-0.39, 0.29) is 12.2 Å². The van der Waals surface area contributed by atoms with Gasteiger partial charge >= 0.3 is 0 Å². The summed E-state index contributed by atoms with van der Waals surface area (Å²) in [6, 6.07) is 0.464. The maximum absolute atomic E-state index is 6.31. The van der Waals surface area contributed by atoms with Crippen LogP contribution in [0.15, 0.2) is 0 Å². The van der Waals surface area contributed by atoms with Crippen molar-refractivity contribution in [3.05, 3.63) is 0 Å². The van der Waals surface area contributed by atoms with E-state index in [0.717, 1.165) is 38.8 Å². The molecular formula is C16H31NO3. The van der Waals surface area contributed by atoms with Gasteiger partial charge in [-0.15, -0.1) is 0 Å². The molecule has 1 aliphatic carbocycles. The van der Waals surface area contributed by atoms with Crippen molar-refractivity contribution in [1.82, 2.24) is 5.32 Å². The van der Waals surface area contributed by atoms with E-state index in [0.29, 0.717) is 24.4 Å². The quantitative estimate of drug-likeness (QED) is 0.780. The first kappa shape index (κ1) is 16.2. The first-order valence-electron chi connectivity index (χ1n) is 8.29.